The maximum atomic E-state index is 2.30. The zero-order valence-corrected chi connectivity index (χ0v) is 14.0. The SMILES string of the molecule is [Li][CH2]CCCCCCCCCCCCCCCCC. The molecule has 1 heteroatoms. The van der Waals surface area contributed by atoms with Crippen LogP contribution in [0.2, 0.25) is 5.09 Å². The fraction of sp³-hybridized carbons (Fsp3) is 1.00. The molecule has 0 aromatic rings. The molecule has 0 aromatic heterocycles. The van der Waals surface area contributed by atoms with Gasteiger partial charge in [0.25, 0.3) is 0 Å². The summed E-state index contributed by atoms with van der Waals surface area (Å²) in [6, 6.07) is 0. The topological polar surface area (TPSA) is 0 Å². The van der Waals surface area contributed by atoms with Crippen molar-refractivity contribution in [2.75, 3.05) is 0 Å². The van der Waals surface area contributed by atoms with Crippen LogP contribution in [0.3, 0.4) is 0 Å². The fourth-order valence-corrected chi connectivity index (χ4v) is 2.80. The summed E-state index contributed by atoms with van der Waals surface area (Å²) in [5.41, 5.74) is 0. The Hall–Kier alpha value is 0.597. The second-order valence-electron chi connectivity index (χ2n) is 6.30. The summed E-state index contributed by atoms with van der Waals surface area (Å²) in [4.78, 5) is 0. The van der Waals surface area contributed by atoms with Gasteiger partial charge in [-0.1, -0.05) is 39.0 Å². The Kier molecular flexibility index (Phi) is 19.2. The summed E-state index contributed by atoms with van der Waals surface area (Å²) in [7, 11) is 0. The van der Waals surface area contributed by atoms with Gasteiger partial charge in [-0.3, -0.25) is 0 Å². The van der Waals surface area contributed by atoms with E-state index in [1.54, 1.807) is 0 Å². The normalized spacial score (nSPS) is 11.1. The first-order valence-electron chi connectivity index (χ1n) is 9.41. The molecule has 0 aliphatic carbocycles. The van der Waals surface area contributed by atoms with Crippen LogP contribution in [0.15, 0.2) is 0 Å². The Morgan fingerprint density at radius 2 is 0.684 bits per heavy atom. The number of hydrogen-bond donors (Lipinski definition) is 0. The van der Waals surface area contributed by atoms with E-state index in [0.29, 0.717) is 0 Å². The van der Waals surface area contributed by atoms with Gasteiger partial charge in [0.15, 0.2) is 0 Å². The van der Waals surface area contributed by atoms with Gasteiger partial charge >= 0.3 is 93.4 Å². The predicted molar refractivity (Wildman–Crippen MR) is 90.1 cm³/mol. The van der Waals surface area contributed by atoms with Crippen molar-refractivity contribution < 1.29 is 0 Å². The van der Waals surface area contributed by atoms with Crippen molar-refractivity contribution in [3.05, 3.63) is 0 Å². The van der Waals surface area contributed by atoms with Crippen molar-refractivity contribution in [2.24, 2.45) is 0 Å². The Balaban J connectivity index is 2.88. The van der Waals surface area contributed by atoms with E-state index in [0.717, 1.165) is 0 Å². The molecule has 0 unspecified atom stereocenters. The second-order valence-corrected chi connectivity index (χ2v) is 6.30. The minimum absolute atomic E-state index is 1.37. The van der Waals surface area contributed by atoms with Gasteiger partial charge in [0, 0.05) is 0 Å². The van der Waals surface area contributed by atoms with Crippen molar-refractivity contribution in [2.45, 2.75) is 115 Å². The molecule has 0 fully saturated rings. The van der Waals surface area contributed by atoms with Gasteiger partial charge < -0.3 is 0 Å². The summed E-state index contributed by atoms with van der Waals surface area (Å²) >= 11 is 2.30. The molecule has 19 heavy (non-hydrogen) atoms. The fourth-order valence-electron chi connectivity index (χ4n) is 2.80. The summed E-state index contributed by atoms with van der Waals surface area (Å²) in [6.07, 6.45) is 23.5. The molecular weight excluding hydrogens is 223 g/mol. The molecule has 0 saturated carbocycles. The third-order valence-corrected chi connectivity index (χ3v) is 4.21. The molecule has 0 spiro atoms. The van der Waals surface area contributed by atoms with E-state index in [9.17, 15) is 0 Å². The van der Waals surface area contributed by atoms with Gasteiger partial charge in [0.2, 0.25) is 0 Å². The molecule has 0 N–H and O–H groups in total. The van der Waals surface area contributed by atoms with Crippen LogP contribution in [-0.4, -0.2) is 17.7 Å². The smallest absolute Gasteiger partial charge is 0.0654 e. The summed E-state index contributed by atoms with van der Waals surface area (Å²) < 4.78 is 0. The van der Waals surface area contributed by atoms with Crippen molar-refractivity contribution in [3.8, 4) is 0 Å². The van der Waals surface area contributed by atoms with Crippen molar-refractivity contribution in [1.82, 2.24) is 0 Å². The Bertz CT molecular complexity index is 129. The van der Waals surface area contributed by atoms with Gasteiger partial charge in [0.1, 0.15) is 0 Å². The first-order valence-corrected chi connectivity index (χ1v) is 9.41. The summed E-state index contributed by atoms with van der Waals surface area (Å²) in [5.74, 6) is 0. The van der Waals surface area contributed by atoms with Crippen LogP contribution < -0.4 is 0 Å². The maximum absolute atomic E-state index is 2.30. The zero-order valence-electron chi connectivity index (χ0n) is 14.0. The van der Waals surface area contributed by atoms with Crippen molar-refractivity contribution >= 4 is 17.7 Å². The van der Waals surface area contributed by atoms with Gasteiger partial charge in [0.05, 0.1) is 0 Å². The van der Waals surface area contributed by atoms with Gasteiger partial charge in [-0.25, -0.2) is 0 Å². The Morgan fingerprint density at radius 3 is 0.947 bits per heavy atom. The van der Waals surface area contributed by atoms with Crippen LogP contribution >= 0.6 is 0 Å². The molecule has 0 saturated heterocycles. The van der Waals surface area contributed by atoms with E-state index in [-0.39, 0.29) is 0 Å². The van der Waals surface area contributed by atoms with Gasteiger partial charge in [-0.2, -0.15) is 0 Å². The second kappa shape index (κ2) is 18.6. The average molecular weight is 260 g/mol. The predicted octanol–water partition coefficient (Wildman–Crippen LogP) is 6.83. The average Bonchev–Trinajstić information content (AvgIpc) is 2.43. The van der Waals surface area contributed by atoms with E-state index in [2.05, 4.69) is 24.6 Å². The molecule has 0 rings (SSSR count). The van der Waals surface area contributed by atoms with E-state index in [1.807, 2.05) is 0 Å². The van der Waals surface area contributed by atoms with Crippen LogP contribution in [0.5, 0.6) is 0 Å². The first kappa shape index (κ1) is 19.6. The van der Waals surface area contributed by atoms with Crippen LogP contribution in [0.1, 0.15) is 110 Å². The third kappa shape index (κ3) is 18.6. The van der Waals surface area contributed by atoms with Gasteiger partial charge in [-0.15, -0.1) is 0 Å². The van der Waals surface area contributed by atoms with Crippen molar-refractivity contribution in [1.29, 1.82) is 0 Å². The first-order chi connectivity index (χ1) is 9.41. The molecule has 0 bridgehead atoms. The molecule has 0 aromatic carbocycles. The van der Waals surface area contributed by atoms with Crippen LogP contribution in [0.25, 0.3) is 0 Å². The summed E-state index contributed by atoms with van der Waals surface area (Å²) in [6.45, 7) is 2.30. The van der Waals surface area contributed by atoms with Crippen LogP contribution in [0.4, 0.5) is 0 Å². The van der Waals surface area contributed by atoms with E-state index >= 15 is 0 Å². The minimum Gasteiger partial charge on any atom is -0.0654 e. The molecule has 0 radical (unpaired) electrons. The Morgan fingerprint density at radius 1 is 0.421 bits per heavy atom. The van der Waals surface area contributed by atoms with E-state index in [4.69, 9.17) is 0 Å². The van der Waals surface area contributed by atoms with E-state index in [1.165, 1.54) is 108 Å². The molecule has 0 atom stereocenters. The quantitative estimate of drug-likeness (QED) is 0.211. The zero-order chi connectivity index (χ0) is 14.0. The van der Waals surface area contributed by atoms with E-state index < -0.39 is 0 Å². The van der Waals surface area contributed by atoms with Crippen molar-refractivity contribution in [3.63, 3.8) is 0 Å². The van der Waals surface area contributed by atoms with Gasteiger partial charge in [-0.05, 0) is 0 Å². The van der Waals surface area contributed by atoms with Crippen LogP contribution in [0, 0.1) is 0 Å². The summed E-state index contributed by atoms with van der Waals surface area (Å²) in [5, 5.41) is 1.37. The standard InChI is InChI=1S/C18H37.Li/c1-3-5-7-9-11-13-15-17-18-16-14-12-10-8-6-4-2;/h1,3-18H2,2H3;. The number of rotatable bonds is 16. The molecule has 0 aliphatic rings. The third-order valence-electron chi connectivity index (χ3n) is 4.21. The molecule has 0 amide bonds. The number of hydrogen-bond acceptors (Lipinski definition) is 0. The Labute approximate surface area is 132 Å². The molecular formula is C18H37Li. The molecule has 0 heterocycles. The number of unbranched alkanes of at least 4 members (excludes halogenated alkanes) is 15. The molecule has 0 nitrogen and oxygen atoms in total. The van der Waals surface area contributed by atoms with Crippen LogP contribution in [-0.2, 0) is 0 Å². The molecule has 110 valence electrons. The minimum atomic E-state index is 1.37. The monoisotopic (exact) mass is 260 g/mol. The molecule has 0 aliphatic heterocycles.